The van der Waals surface area contributed by atoms with Crippen LogP contribution in [0.3, 0.4) is 0 Å². The predicted molar refractivity (Wildman–Crippen MR) is 59.8 cm³/mol. The van der Waals surface area contributed by atoms with Crippen LogP contribution in [0.5, 0.6) is 0 Å². The van der Waals surface area contributed by atoms with Gasteiger partial charge in [0.05, 0.1) is 11.9 Å². The molecule has 82 valence electrons. The third-order valence-electron chi connectivity index (χ3n) is 2.89. The summed E-state index contributed by atoms with van der Waals surface area (Å²) >= 11 is 0. The first kappa shape index (κ1) is 9.47. The number of H-pyrrole nitrogens is 1. The molecule has 2 aromatic heterocycles. The molecule has 1 atom stereocenters. The van der Waals surface area contributed by atoms with Crippen molar-refractivity contribution in [3.05, 3.63) is 30.5 Å². The molecule has 0 bridgehead atoms. The Morgan fingerprint density at radius 2 is 2.38 bits per heavy atom. The Bertz CT molecular complexity index is 459. The van der Waals surface area contributed by atoms with Gasteiger partial charge in [-0.15, -0.1) is 0 Å². The average molecular weight is 215 g/mol. The fraction of sp³-hybridized carbons (Fsp3) is 0.364. The number of rotatable bonds is 2. The molecule has 1 aliphatic heterocycles. The van der Waals surface area contributed by atoms with E-state index in [0.29, 0.717) is 5.92 Å². The van der Waals surface area contributed by atoms with Crippen LogP contribution in [-0.2, 0) is 0 Å². The summed E-state index contributed by atoms with van der Waals surface area (Å²) in [6.45, 7) is 2.04. The maximum atomic E-state index is 4.59. The van der Waals surface area contributed by atoms with E-state index >= 15 is 0 Å². The molecule has 1 aliphatic rings. The van der Waals surface area contributed by atoms with Gasteiger partial charge < -0.3 is 5.32 Å². The zero-order valence-corrected chi connectivity index (χ0v) is 8.85. The molecule has 1 unspecified atom stereocenters. The fourth-order valence-electron chi connectivity index (χ4n) is 2.00. The summed E-state index contributed by atoms with van der Waals surface area (Å²) in [6, 6.07) is 1.91. The van der Waals surface area contributed by atoms with Crippen LogP contribution in [0, 0.1) is 0 Å². The molecular formula is C11H13N5. The first-order valence-corrected chi connectivity index (χ1v) is 5.46. The summed E-state index contributed by atoms with van der Waals surface area (Å²) in [5.41, 5.74) is 1.94. The van der Waals surface area contributed by atoms with Gasteiger partial charge in [0.15, 0.2) is 0 Å². The summed E-state index contributed by atoms with van der Waals surface area (Å²) in [7, 11) is 0. The Balaban J connectivity index is 1.93. The molecule has 0 amide bonds. The molecule has 0 saturated carbocycles. The zero-order chi connectivity index (χ0) is 10.8. The second-order valence-corrected chi connectivity index (χ2v) is 3.98. The van der Waals surface area contributed by atoms with Crippen LogP contribution in [0.1, 0.15) is 18.2 Å². The predicted octanol–water partition coefficient (Wildman–Crippen LogP) is 0.944. The molecule has 0 radical (unpaired) electrons. The summed E-state index contributed by atoms with van der Waals surface area (Å²) < 4.78 is 0. The van der Waals surface area contributed by atoms with Gasteiger partial charge in [-0.2, -0.15) is 5.10 Å². The number of nitrogens with zero attached hydrogens (tertiary/aromatic N) is 3. The van der Waals surface area contributed by atoms with Crippen molar-refractivity contribution in [1.82, 2.24) is 25.5 Å². The lowest BCUT2D eigenvalue weighted by Crippen LogP contribution is -2.10. The van der Waals surface area contributed by atoms with Crippen molar-refractivity contribution in [2.45, 2.75) is 12.3 Å². The highest BCUT2D eigenvalue weighted by molar-refractivity contribution is 5.56. The van der Waals surface area contributed by atoms with Crippen LogP contribution < -0.4 is 5.32 Å². The van der Waals surface area contributed by atoms with Gasteiger partial charge in [-0.1, -0.05) is 0 Å². The maximum Gasteiger partial charge on any atom is 0.133 e. The molecular weight excluding hydrogens is 202 g/mol. The molecule has 1 saturated heterocycles. The molecule has 0 aliphatic carbocycles. The van der Waals surface area contributed by atoms with E-state index in [1.54, 1.807) is 6.20 Å². The summed E-state index contributed by atoms with van der Waals surface area (Å²) in [5, 5.41) is 10.0. The van der Waals surface area contributed by atoms with Crippen LogP contribution >= 0.6 is 0 Å². The first-order valence-electron chi connectivity index (χ1n) is 5.46. The van der Waals surface area contributed by atoms with Crippen molar-refractivity contribution in [3.63, 3.8) is 0 Å². The molecule has 3 heterocycles. The Hall–Kier alpha value is -1.75. The van der Waals surface area contributed by atoms with Crippen LogP contribution in [0.2, 0.25) is 0 Å². The number of aromatic amines is 1. The van der Waals surface area contributed by atoms with Crippen molar-refractivity contribution >= 4 is 0 Å². The van der Waals surface area contributed by atoms with E-state index in [9.17, 15) is 0 Å². The maximum absolute atomic E-state index is 4.59. The van der Waals surface area contributed by atoms with Gasteiger partial charge in [0.25, 0.3) is 0 Å². The van der Waals surface area contributed by atoms with Gasteiger partial charge in [0, 0.05) is 30.4 Å². The average Bonchev–Trinajstić information content (AvgIpc) is 3.03. The van der Waals surface area contributed by atoms with E-state index in [1.165, 1.54) is 0 Å². The quantitative estimate of drug-likeness (QED) is 0.782. The highest BCUT2D eigenvalue weighted by atomic mass is 15.1. The summed E-state index contributed by atoms with van der Waals surface area (Å²) in [4.78, 5) is 8.94. The lowest BCUT2D eigenvalue weighted by atomic mass is 10.1. The Morgan fingerprint density at radius 3 is 3.12 bits per heavy atom. The van der Waals surface area contributed by atoms with Gasteiger partial charge >= 0.3 is 0 Å². The Labute approximate surface area is 93.3 Å². The number of hydrogen-bond donors (Lipinski definition) is 2. The van der Waals surface area contributed by atoms with Gasteiger partial charge in [0.2, 0.25) is 0 Å². The fourth-order valence-corrected chi connectivity index (χ4v) is 2.00. The van der Waals surface area contributed by atoms with Crippen molar-refractivity contribution in [2.24, 2.45) is 0 Å². The second-order valence-electron chi connectivity index (χ2n) is 3.98. The molecule has 5 heteroatoms. The van der Waals surface area contributed by atoms with Gasteiger partial charge in [0.1, 0.15) is 5.82 Å². The molecule has 2 aromatic rings. The largest absolute Gasteiger partial charge is 0.316 e. The summed E-state index contributed by atoms with van der Waals surface area (Å²) in [5.74, 6) is 1.38. The van der Waals surface area contributed by atoms with Gasteiger partial charge in [-0.05, 0) is 19.0 Å². The zero-order valence-electron chi connectivity index (χ0n) is 8.85. The molecule has 16 heavy (non-hydrogen) atoms. The number of nitrogens with one attached hydrogen (secondary N) is 2. The topological polar surface area (TPSA) is 66.5 Å². The Morgan fingerprint density at radius 1 is 1.38 bits per heavy atom. The van der Waals surface area contributed by atoms with Crippen molar-refractivity contribution in [3.8, 4) is 11.3 Å². The van der Waals surface area contributed by atoms with E-state index in [1.807, 2.05) is 18.5 Å². The third-order valence-corrected chi connectivity index (χ3v) is 2.89. The van der Waals surface area contributed by atoms with Crippen LogP contribution in [0.4, 0.5) is 0 Å². The molecule has 0 spiro atoms. The van der Waals surface area contributed by atoms with Crippen LogP contribution in [-0.4, -0.2) is 33.3 Å². The molecule has 2 N–H and O–H groups in total. The van der Waals surface area contributed by atoms with E-state index in [-0.39, 0.29) is 0 Å². The molecule has 3 rings (SSSR count). The third kappa shape index (κ3) is 1.69. The standard InChI is InChI=1S/C11H13N5/c1-3-12-5-8(1)11-13-4-2-10(16-11)9-6-14-15-7-9/h2,4,6-8,12H,1,3,5H2,(H,14,15). The highest BCUT2D eigenvalue weighted by Crippen LogP contribution is 2.21. The van der Waals surface area contributed by atoms with Gasteiger partial charge in [-0.25, -0.2) is 9.97 Å². The monoisotopic (exact) mass is 215 g/mol. The number of aromatic nitrogens is 4. The van der Waals surface area contributed by atoms with Crippen molar-refractivity contribution in [1.29, 1.82) is 0 Å². The second kappa shape index (κ2) is 4.02. The molecule has 0 aromatic carbocycles. The SMILES string of the molecule is c1cc(-c2cn[nH]c2)nc(C2CCNC2)n1. The van der Waals surface area contributed by atoms with Crippen molar-refractivity contribution in [2.75, 3.05) is 13.1 Å². The van der Waals surface area contributed by atoms with E-state index in [4.69, 9.17) is 0 Å². The van der Waals surface area contributed by atoms with E-state index in [2.05, 4.69) is 25.5 Å². The smallest absolute Gasteiger partial charge is 0.133 e. The minimum absolute atomic E-state index is 0.451. The minimum Gasteiger partial charge on any atom is -0.316 e. The van der Waals surface area contributed by atoms with Crippen LogP contribution in [0.25, 0.3) is 11.3 Å². The van der Waals surface area contributed by atoms with E-state index < -0.39 is 0 Å². The lowest BCUT2D eigenvalue weighted by Gasteiger charge is -2.07. The van der Waals surface area contributed by atoms with E-state index in [0.717, 1.165) is 36.6 Å². The number of hydrogen-bond acceptors (Lipinski definition) is 4. The van der Waals surface area contributed by atoms with Crippen LogP contribution in [0.15, 0.2) is 24.7 Å². The lowest BCUT2D eigenvalue weighted by molar-refractivity contribution is 0.703. The summed E-state index contributed by atoms with van der Waals surface area (Å²) in [6.07, 6.45) is 6.57. The first-order chi connectivity index (χ1) is 7.93. The minimum atomic E-state index is 0.451. The van der Waals surface area contributed by atoms with Crippen molar-refractivity contribution < 1.29 is 0 Å². The normalized spacial score (nSPS) is 20.1. The Kier molecular flexibility index (Phi) is 2.38. The van der Waals surface area contributed by atoms with Gasteiger partial charge in [-0.3, -0.25) is 5.10 Å². The molecule has 1 fully saturated rings. The highest BCUT2D eigenvalue weighted by Gasteiger charge is 2.19. The molecule has 5 nitrogen and oxygen atoms in total.